The Kier molecular flexibility index (Phi) is 3.22. The van der Waals surface area contributed by atoms with Crippen molar-refractivity contribution in [2.45, 2.75) is 25.2 Å². The van der Waals surface area contributed by atoms with Gasteiger partial charge in [0.05, 0.1) is 22.8 Å². The van der Waals surface area contributed by atoms with Crippen molar-refractivity contribution in [1.82, 2.24) is 9.78 Å². The van der Waals surface area contributed by atoms with Crippen LogP contribution in [0.3, 0.4) is 0 Å². The molecule has 6 nitrogen and oxygen atoms in total. The lowest BCUT2D eigenvalue weighted by molar-refractivity contribution is -0.116. The Morgan fingerprint density at radius 3 is 2.95 bits per heavy atom. The number of Topliss-reactive ketones (excluding diaryl/α,β-unsaturated/α-hetero) is 1. The van der Waals surface area contributed by atoms with Crippen LogP contribution in [-0.2, 0) is 16.6 Å². The molecule has 7 heteroatoms. The van der Waals surface area contributed by atoms with Crippen LogP contribution in [0.4, 0.5) is 0 Å². The smallest absolute Gasteiger partial charge is 0.205 e. The maximum atomic E-state index is 12.3. The maximum Gasteiger partial charge on any atom is 0.205 e. The molecule has 0 spiro atoms. The Morgan fingerprint density at radius 2 is 2.33 bits per heavy atom. The molecule has 1 aliphatic heterocycles. The zero-order valence-corrected chi connectivity index (χ0v) is 12.1. The number of hydrogen-bond acceptors (Lipinski definition) is 5. The molecule has 1 aliphatic carbocycles. The van der Waals surface area contributed by atoms with E-state index in [9.17, 15) is 10.1 Å². The summed E-state index contributed by atoms with van der Waals surface area (Å²) in [5.74, 6) is -0.0523. The maximum absolute atomic E-state index is 12.3. The predicted octanol–water partition coefficient (Wildman–Crippen LogP) is 1.89. The topological polar surface area (TPSA) is 93.9 Å². The van der Waals surface area contributed by atoms with Crippen LogP contribution in [0, 0.1) is 11.3 Å². The first kappa shape index (κ1) is 13.7. The lowest BCUT2D eigenvalue weighted by atomic mass is 9.79. The van der Waals surface area contributed by atoms with Gasteiger partial charge in [0.1, 0.15) is 17.4 Å². The fourth-order valence-corrected chi connectivity index (χ4v) is 3.15. The Morgan fingerprint density at radius 1 is 1.57 bits per heavy atom. The van der Waals surface area contributed by atoms with Gasteiger partial charge in [-0.15, -0.1) is 0 Å². The van der Waals surface area contributed by atoms with Gasteiger partial charge in [0.25, 0.3) is 0 Å². The Bertz CT molecular complexity index is 719. The normalized spacial score (nSPS) is 22.0. The van der Waals surface area contributed by atoms with E-state index in [4.69, 9.17) is 22.1 Å². The van der Waals surface area contributed by atoms with Gasteiger partial charge in [-0.2, -0.15) is 10.4 Å². The molecule has 0 amide bonds. The van der Waals surface area contributed by atoms with Gasteiger partial charge in [-0.05, 0) is 6.42 Å². The number of ketones is 1. The quantitative estimate of drug-likeness (QED) is 0.855. The molecule has 0 saturated carbocycles. The highest BCUT2D eigenvalue weighted by Crippen LogP contribution is 2.44. The molecular weight excluding hydrogens is 292 g/mol. The molecule has 1 aromatic rings. The van der Waals surface area contributed by atoms with Crippen LogP contribution in [0.15, 0.2) is 29.0 Å². The average Bonchev–Trinajstić information content (AvgIpc) is 2.77. The fraction of sp³-hybridized carbons (Fsp3) is 0.357. The monoisotopic (exact) mass is 304 g/mol. The summed E-state index contributed by atoms with van der Waals surface area (Å²) in [4.78, 5) is 12.3. The number of nitrogens with two attached hydrogens (primary N) is 1. The minimum Gasteiger partial charge on any atom is -0.444 e. The number of halogens is 1. The number of carbonyl (C=O) groups is 1. The highest BCUT2D eigenvalue weighted by molar-refractivity contribution is 6.31. The van der Waals surface area contributed by atoms with Crippen molar-refractivity contribution >= 4 is 17.4 Å². The van der Waals surface area contributed by atoms with Crippen LogP contribution in [0.25, 0.3) is 0 Å². The van der Waals surface area contributed by atoms with Crippen LogP contribution >= 0.6 is 11.6 Å². The van der Waals surface area contributed by atoms with Crippen molar-refractivity contribution in [2.75, 3.05) is 0 Å². The SMILES string of the molecule is Cn1ncc(Cl)c1[C@@H]1C(C#N)=C(N)OC2=C1C(=O)CCC2. The van der Waals surface area contributed by atoms with Gasteiger partial charge in [-0.25, -0.2) is 0 Å². The van der Waals surface area contributed by atoms with Gasteiger partial charge in [-0.3, -0.25) is 9.48 Å². The average molecular weight is 305 g/mol. The van der Waals surface area contributed by atoms with Crippen LogP contribution < -0.4 is 5.73 Å². The number of nitriles is 1. The summed E-state index contributed by atoms with van der Waals surface area (Å²) in [7, 11) is 1.72. The first-order valence-corrected chi connectivity index (χ1v) is 6.93. The number of hydrogen-bond donors (Lipinski definition) is 1. The molecule has 2 heterocycles. The summed E-state index contributed by atoms with van der Waals surface area (Å²) in [5, 5.41) is 13.9. The highest BCUT2D eigenvalue weighted by atomic mass is 35.5. The third-order valence-electron chi connectivity index (χ3n) is 3.82. The van der Waals surface area contributed by atoms with Gasteiger partial charge in [0.15, 0.2) is 5.78 Å². The Hall–Kier alpha value is -2.26. The van der Waals surface area contributed by atoms with E-state index in [2.05, 4.69) is 5.10 Å². The molecule has 108 valence electrons. The number of nitrogens with zero attached hydrogens (tertiary/aromatic N) is 3. The summed E-state index contributed by atoms with van der Waals surface area (Å²) in [6.45, 7) is 0. The summed E-state index contributed by atoms with van der Waals surface area (Å²) in [6.07, 6.45) is 3.28. The summed E-state index contributed by atoms with van der Waals surface area (Å²) >= 11 is 6.20. The van der Waals surface area contributed by atoms with E-state index < -0.39 is 5.92 Å². The zero-order valence-electron chi connectivity index (χ0n) is 11.4. The van der Waals surface area contributed by atoms with Gasteiger partial charge < -0.3 is 10.5 Å². The minimum atomic E-state index is -0.605. The van der Waals surface area contributed by atoms with Crippen molar-refractivity contribution in [3.63, 3.8) is 0 Å². The fourth-order valence-electron chi connectivity index (χ4n) is 2.87. The van der Waals surface area contributed by atoms with E-state index in [-0.39, 0.29) is 17.2 Å². The largest absolute Gasteiger partial charge is 0.444 e. The molecule has 0 saturated heterocycles. The second-order valence-electron chi connectivity index (χ2n) is 5.04. The van der Waals surface area contributed by atoms with E-state index in [0.717, 1.165) is 6.42 Å². The first-order valence-electron chi connectivity index (χ1n) is 6.55. The van der Waals surface area contributed by atoms with Crippen LogP contribution in [0.2, 0.25) is 5.02 Å². The molecule has 2 N–H and O–H groups in total. The van der Waals surface area contributed by atoms with Gasteiger partial charge in [0, 0.05) is 25.5 Å². The number of carbonyl (C=O) groups excluding carboxylic acids is 1. The molecular formula is C14H13ClN4O2. The Labute approximate surface area is 126 Å². The lowest BCUT2D eigenvalue weighted by Crippen LogP contribution is -2.28. The zero-order chi connectivity index (χ0) is 15.1. The first-order chi connectivity index (χ1) is 10.0. The number of ether oxygens (including phenoxy) is 1. The third kappa shape index (κ3) is 2.01. The predicted molar refractivity (Wildman–Crippen MR) is 74.8 cm³/mol. The van der Waals surface area contributed by atoms with E-state index in [0.29, 0.717) is 34.9 Å². The van der Waals surface area contributed by atoms with Crippen molar-refractivity contribution in [2.24, 2.45) is 12.8 Å². The van der Waals surface area contributed by atoms with E-state index in [1.165, 1.54) is 6.20 Å². The van der Waals surface area contributed by atoms with Crippen LogP contribution in [-0.4, -0.2) is 15.6 Å². The molecule has 1 aromatic heterocycles. The highest BCUT2D eigenvalue weighted by Gasteiger charge is 2.40. The van der Waals surface area contributed by atoms with Crippen molar-refractivity contribution in [3.05, 3.63) is 39.7 Å². The molecule has 21 heavy (non-hydrogen) atoms. The number of aromatic nitrogens is 2. The molecule has 0 bridgehead atoms. The van der Waals surface area contributed by atoms with E-state index in [1.54, 1.807) is 11.7 Å². The number of aryl methyl sites for hydroxylation is 1. The van der Waals surface area contributed by atoms with Crippen molar-refractivity contribution < 1.29 is 9.53 Å². The summed E-state index contributed by atoms with van der Waals surface area (Å²) < 4.78 is 7.06. The molecule has 2 aliphatic rings. The molecule has 0 fully saturated rings. The van der Waals surface area contributed by atoms with E-state index >= 15 is 0 Å². The summed E-state index contributed by atoms with van der Waals surface area (Å²) in [5.41, 5.74) is 7.13. The number of rotatable bonds is 1. The van der Waals surface area contributed by atoms with Gasteiger partial charge in [0.2, 0.25) is 5.88 Å². The van der Waals surface area contributed by atoms with Gasteiger partial charge >= 0.3 is 0 Å². The van der Waals surface area contributed by atoms with Crippen molar-refractivity contribution in [3.8, 4) is 6.07 Å². The van der Waals surface area contributed by atoms with Crippen LogP contribution in [0.5, 0.6) is 0 Å². The lowest BCUT2D eigenvalue weighted by Gasteiger charge is -2.30. The van der Waals surface area contributed by atoms with Crippen LogP contribution in [0.1, 0.15) is 30.9 Å². The van der Waals surface area contributed by atoms with E-state index in [1.807, 2.05) is 6.07 Å². The molecule has 0 radical (unpaired) electrons. The second kappa shape index (κ2) is 4.93. The minimum absolute atomic E-state index is 0.0289. The number of allylic oxidation sites excluding steroid dienone is 3. The molecule has 3 rings (SSSR count). The molecule has 1 atom stereocenters. The van der Waals surface area contributed by atoms with Gasteiger partial charge in [-0.1, -0.05) is 11.6 Å². The Balaban J connectivity index is 2.25. The second-order valence-corrected chi connectivity index (χ2v) is 5.45. The van der Waals surface area contributed by atoms with Crippen molar-refractivity contribution in [1.29, 1.82) is 5.26 Å². The standard InChI is InChI=1S/C14H13ClN4O2/c1-19-13(8(15)6-18-19)11-7(5-16)14(17)21-10-4-2-3-9(20)12(10)11/h6,11H,2-4,17H2,1H3/t11-/m1/s1. The molecule has 0 unspecified atom stereocenters. The third-order valence-corrected chi connectivity index (χ3v) is 4.11. The molecule has 0 aromatic carbocycles. The summed E-state index contributed by atoms with van der Waals surface area (Å²) in [6, 6.07) is 2.04.